The molecule has 2 aromatic heterocycles. The Morgan fingerprint density at radius 3 is 3.00 bits per heavy atom. The van der Waals surface area contributed by atoms with Crippen molar-refractivity contribution in [2.75, 3.05) is 5.32 Å². The van der Waals surface area contributed by atoms with Gasteiger partial charge in [0.15, 0.2) is 5.82 Å². The second-order valence-electron chi connectivity index (χ2n) is 3.56. The predicted molar refractivity (Wildman–Crippen MR) is 63.2 cm³/mol. The highest BCUT2D eigenvalue weighted by atomic mass is 15.5. The molecule has 0 spiro atoms. The average Bonchev–Trinajstić information content (AvgIpc) is 2.89. The third-order valence-corrected chi connectivity index (χ3v) is 2.48. The van der Waals surface area contributed by atoms with E-state index in [1.54, 1.807) is 6.20 Å². The van der Waals surface area contributed by atoms with Crippen LogP contribution in [0.25, 0.3) is 10.8 Å². The van der Waals surface area contributed by atoms with Crippen molar-refractivity contribution in [1.29, 1.82) is 0 Å². The van der Waals surface area contributed by atoms with E-state index in [2.05, 4.69) is 37.0 Å². The van der Waals surface area contributed by atoms with Crippen LogP contribution in [0.2, 0.25) is 0 Å². The van der Waals surface area contributed by atoms with E-state index < -0.39 is 0 Å². The molecule has 0 saturated heterocycles. The molecule has 2 N–H and O–H groups in total. The maximum Gasteiger partial charge on any atom is 0.193 e. The normalized spacial score (nSPS) is 10.6. The van der Waals surface area contributed by atoms with Crippen molar-refractivity contribution in [3.05, 3.63) is 42.4 Å². The smallest absolute Gasteiger partial charge is 0.193 e. The SMILES string of the molecule is c1ccc2c(NCc3nn[nH]n3)nccc2c1. The van der Waals surface area contributed by atoms with Crippen LogP contribution >= 0.6 is 0 Å². The molecule has 0 amide bonds. The Balaban J connectivity index is 1.90. The quantitative estimate of drug-likeness (QED) is 0.705. The van der Waals surface area contributed by atoms with E-state index in [0.29, 0.717) is 12.4 Å². The van der Waals surface area contributed by atoms with Crippen molar-refractivity contribution in [3.63, 3.8) is 0 Å². The van der Waals surface area contributed by atoms with Crippen LogP contribution in [0.4, 0.5) is 5.82 Å². The first-order valence-electron chi connectivity index (χ1n) is 5.23. The number of nitrogens with one attached hydrogen (secondary N) is 2. The Labute approximate surface area is 97.1 Å². The average molecular weight is 226 g/mol. The zero-order valence-corrected chi connectivity index (χ0v) is 8.96. The van der Waals surface area contributed by atoms with E-state index in [1.165, 1.54) is 0 Å². The molecule has 17 heavy (non-hydrogen) atoms. The first-order valence-corrected chi connectivity index (χ1v) is 5.23. The van der Waals surface area contributed by atoms with Gasteiger partial charge in [0.1, 0.15) is 5.82 Å². The third-order valence-electron chi connectivity index (χ3n) is 2.48. The summed E-state index contributed by atoms with van der Waals surface area (Å²) in [5.74, 6) is 1.44. The lowest BCUT2D eigenvalue weighted by atomic mass is 10.1. The summed E-state index contributed by atoms with van der Waals surface area (Å²) in [6.07, 6.45) is 1.78. The first kappa shape index (κ1) is 9.71. The highest BCUT2D eigenvalue weighted by molar-refractivity contribution is 5.91. The van der Waals surface area contributed by atoms with Crippen molar-refractivity contribution in [3.8, 4) is 0 Å². The van der Waals surface area contributed by atoms with Gasteiger partial charge >= 0.3 is 0 Å². The van der Waals surface area contributed by atoms with Gasteiger partial charge in [-0.15, -0.1) is 10.2 Å². The monoisotopic (exact) mass is 226 g/mol. The molecule has 0 aliphatic carbocycles. The number of pyridine rings is 1. The van der Waals surface area contributed by atoms with Crippen LogP contribution in [0.5, 0.6) is 0 Å². The number of benzene rings is 1. The molecule has 2 heterocycles. The Bertz CT molecular complexity index is 613. The van der Waals surface area contributed by atoms with Crippen LogP contribution in [0.15, 0.2) is 36.5 Å². The van der Waals surface area contributed by atoms with Gasteiger partial charge in [0.2, 0.25) is 0 Å². The van der Waals surface area contributed by atoms with Crippen LogP contribution in [-0.2, 0) is 6.54 Å². The number of tetrazole rings is 1. The van der Waals surface area contributed by atoms with Crippen LogP contribution in [0, 0.1) is 0 Å². The standard InChI is InChI=1S/C11H10N6/c1-2-4-9-8(3-1)5-6-12-11(9)13-7-10-14-16-17-15-10/h1-6H,7H2,(H,12,13)(H,14,15,16,17). The maximum atomic E-state index is 4.31. The van der Waals surface area contributed by atoms with E-state index in [0.717, 1.165) is 16.6 Å². The molecule has 3 aromatic rings. The summed E-state index contributed by atoms with van der Waals surface area (Å²) in [6.45, 7) is 0.498. The van der Waals surface area contributed by atoms with Crippen molar-refractivity contribution in [1.82, 2.24) is 25.6 Å². The second kappa shape index (κ2) is 4.17. The van der Waals surface area contributed by atoms with Crippen LogP contribution in [0.1, 0.15) is 5.82 Å². The zero-order valence-electron chi connectivity index (χ0n) is 8.96. The largest absolute Gasteiger partial charge is 0.362 e. The van der Waals surface area contributed by atoms with E-state index in [-0.39, 0.29) is 0 Å². The summed E-state index contributed by atoms with van der Waals surface area (Å²) in [5, 5.41) is 19.1. The Hall–Kier alpha value is -2.50. The molecule has 0 atom stereocenters. The zero-order chi connectivity index (χ0) is 11.5. The highest BCUT2D eigenvalue weighted by Gasteiger charge is 2.02. The number of H-pyrrole nitrogens is 1. The minimum Gasteiger partial charge on any atom is -0.362 e. The van der Waals surface area contributed by atoms with Crippen molar-refractivity contribution in [2.45, 2.75) is 6.54 Å². The summed E-state index contributed by atoms with van der Waals surface area (Å²) in [5.41, 5.74) is 0. The summed E-state index contributed by atoms with van der Waals surface area (Å²) in [4.78, 5) is 4.31. The number of hydrogen-bond donors (Lipinski definition) is 2. The molecular formula is C11H10N6. The number of aromatic nitrogens is 5. The van der Waals surface area contributed by atoms with E-state index >= 15 is 0 Å². The lowest BCUT2D eigenvalue weighted by molar-refractivity contribution is 0.881. The van der Waals surface area contributed by atoms with Crippen molar-refractivity contribution in [2.24, 2.45) is 0 Å². The fourth-order valence-electron chi connectivity index (χ4n) is 1.68. The molecule has 84 valence electrons. The molecule has 0 unspecified atom stereocenters. The van der Waals surface area contributed by atoms with E-state index in [4.69, 9.17) is 0 Å². The molecule has 0 aliphatic heterocycles. The highest BCUT2D eigenvalue weighted by Crippen LogP contribution is 2.20. The Morgan fingerprint density at radius 1 is 1.18 bits per heavy atom. The van der Waals surface area contributed by atoms with Crippen LogP contribution < -0.4 is 5.32 Å². The molecule has 0 aliphatic rings. The van der Waals surface area contributed by atoms with Crippen molar-refractivity contribution < 1.29 is 0 Å². The number of nitrogens with zero attached hydrogens (tertiary/aromatic N) is 4. The third kappa shape index (κ3) is 1.92. The van der Waals surface area contributed by atoms with Gasteiger partial charge in [-0.25, -0.2) is 4.98 Å². The van der Waals surface area contributed by atoms with E-state index in [1.807, 2.05) is 24.3 Å². The number of fused-ring (bicyclic) bond motifs is 1. The van der Waals surface area contributed by atoms with Gasteiger partial charge in [-0.05, 0) is 11.5 Å². The van der Waals surface area contributed by atoms with Gasteiger partial charge in [-0.1, -0.05) is 29.5 Å². The van der Waals surface area contributed by atoms with Gasteiger partial charge in [-0.3, -0.25) is 0 Å². The van der Waals surface area contributed by atoms with Crippen LogP contribution in [0.3, 0.4) is 0 Å². The van der Waals surface area contributed by atoms with Crippen molar-refractivity contribution >= 4 is 16.6 Å². The lowest BCUT2D eigenvalue weighted by Gasteiger charge is -2.06. The minimum atomic E-state index is 0.498. The predicted octanol–water partition coefficient (Wildman–Crippen LogP) is 1.36. The number of aromatic amines is 1. The Morgan fingerprint density at radius 2 is 2.12 bits per heavy atom. The summed E-state index contributed by atoms with van der Waals surface area (Å²) < 4.78 is 0. The number of hydrogen-bond acceptors (Lipinski definition) is 5. The molecule has 1 aromatic carbocycles. The molecule has 6 nitrogen and oxygen atoms in total. The molecule has 3 rings (SSSR count). The summed E-state index contributed by atoms with van der Waals surface area (Å²) in [7, 11) is 0. The number of rotatable bonds is 3. The molecule has 0 saturated carbocycles. The minimum absolute atomic E-state index is 0.498. The van der Waals surface area contributed by atoms with Gasteiger partial charge in [-0.2, -0.15) is 5.21 Å². The maximum absolute atomic E-state index is 4.31. The van der Waals surface area contributed by atoms with Gasteiger partial charge in [0.25, 0.3) is 0 Å². The lowest BCUT2D eigenvalue weighted by Crippen LogP contribution is -2.03. The fraction of sp³-hybridized carbons (Fsp3) is 0.0909. The number of anilines is 1. The molecular weight excluding hydrogens is 216 g/mol. The summed E-state index contributed by atoms with van der Waals surface area (Å²) in [6, 6.07) is 10.1. The molecule has 0 fully saturated rings. The van der Waals surface area contributed by atoms with Crippen LogP contribution in [-0.4, -0.2) is 25.6 Å². The first-order chi connectivity index (χ1) is 8.43. The molecule has 6 heteroatoms. The topological polar surface area (TPSA) is 79.4 Å². The second-order valence-corrected chi connectivity index (χ2v) is 3.56. The molecule has 0 radical (unpaired) electrons. The van der Waals surface area contributed by atoms with Gasteiger partial charge in [0, 0.05) is 11.6 Å². The van der Waals surface area contributed by atoms with Gasteiger partial charge in [0.05, 0.1) is 6.54 Å². The van der Waals surface area contributed by atoms with E-state index in [9.17, 15) is 0 Å². The fourth-order valence-corrected chi connectivity index (χ4v) is 1.68. The molecule has 0 bridgehead atoms. The summed E-state index contributed by atoms with van der Waals surface area (Å²) >= 11 is 0. The Kier molecular flexibility index (Phi) is 2.38. The van der Waals surface area contributed by atoms with Gasteiger partial charge < -0.3 is 5.32 Å².